The standard InChI is InChI=1S/C24H23N5O3S/c1-15-5-4-6-20(16(15)2)26-22(30)14-33-24-28-27-21-12-7-17(13-29(21)24)23(31)25-18-8-10-19(32-3)11-9-18/h4-13H,14H2,1-3H3,(H,25,31)(H,26,30). The molecule has 2 amide bonds. The number of carbonyl (C=O) groups excluding carboxylic acids is 2. The van der Waals surface area contributed by atoms with Gasteiger partial charge >= 0.3 is 0 Å². The van der Waals surface area contributed by atoms with Crippen molar-refractivity contribution in [2.24, 2.45) is 0 Å². The molecule has 0 unspecified atom stereocenters. The summed E-state index contributed by atoms with van der Waals surface area (Å²) < 4.78 is 6.84. The maximum absolute atomic E-state index is 12.7. The molecular weight excluding hydrogens is 438 g/mol. The summed E-state index contributed by atoms with van der Waals surface area (Å²) in [6.07, 6.45) is 1.67. The minimum absolute atomic E-state index is 0.140. The van der Waals surface area contributed by atoms with Gasteiger partial charge in [-0.3, -0.25) is 14.0 Å². The third-order valence-corrected chi connectivity index (χ3v) is 6.14. The van der Waals surface area contributed by atoms with Crippen molar-refractivity contribution in [1.29, 1.82) is 0 Å². The van der Waals surface area contributed by atoms with E-state index in [2.05, 4.69) is 20.8 Å². The number of anilines is 2. The molecule has 0 aliphatic carbocycles. The fourth-order valence-electron chi connectivity index (χ4n) is 3.18. The van der Waals surface area contributed by atoms with E-state index >= 15 is 0 Å². The summed E-state index contributed by atoms with van der Waals surface area (Å²) in [5, 5.41) is 14.6. The lowest BCUT2D eigenvalue weighted by atomic mass is 10.1. The number of pyridine rings is 1. The number of aryl methyl sites for hydroxylation is 1. The predicted molar refractivity (Wildman–Crippen MR) is 129 cm³/mol. The Labute approximate surface area is 195 Å². The van der Waals surface area contributed by atoms with Crippen LogP contribution in [0.5, 0.6) is 5.75 Å². The van der Waals surface area contributed by atoms with Crippen molar-refractivity contribution in [3.63, 3.8) is 0 Å². The molecule has 0 bridgehead atoms. The molecule has 0 atom stereocenters. The van der Waals surface area contributed by atoms with Gasteiger partial charge < -0.3 is 15.4 Å². The minimum atomic E-state index is -0.264. The molecule has 168 valence electrons. The van der Waals surface area contributed by atoms with Gasteiger partial charge in [0.25, 0.3) is 5.91 Å². The monoisotopic (exact) mass is 461 g/mol. The van der Waals surface area contributed by atoms with Gasteiger partial charge in [0.15, 0.2) is 10.8 Å². The Morgan fingerprint density at radius 3 is 2.55 bits per heavy atom. The number of ether oxygens (including phenoxy) is 1. The van der Waals surface area contributed by atoms with Crippen molar-refractivity contribution in [2.45, 2.75) is 19.0 Å². The van der Waals surface area contributed by atoms with E-state index in [1.54, 1.807) is 54.1 Å². The van der Waals surface area contributed by atoms with Crippen molar-refractivity contribution >= 4 is 40.6 Å². The van der Waals surface area contributed by atoms with Gasteiger partial charge in [-0.25, -0.2) is 0 Å². The number of carbonyl (C=O) groups is 2. The summed E-state index contributed by atoms with van der Waals surface area (Å²) in [6.45, 7) is 3.98. The molecule has 33 heavy (non-hydrogen) atoms. The van der Waals surface area contributed by atoms with E-state index in [9.17, 15) is 9.59 Å². The molecule has 8 nitrogen and oxygen atoms in total. The van der Waals surface area contributed by atoms with E-state index in [-0.39, 0.29) is 17.6 Å². The number of hydrogen-bond acceptors (Lipinski definition) is 6. The molecule has 0 saturated heterocycles. The normalized spacial score (nSPS) is 10.8. The van der Waals surface area contributed by atoms with Crippen LogP contribution >= 0.6 is 11.8 Å². The highest BCUT2D eigenvalue weighted by Crippen LogP contribution is 2.21. The zero-order valence-corrected chi connectivity index (χ0v) is 19.3. The lowest BCUT2D eigenvalue weighted by Crippen LogP contribution is -2.15. The highest BCUT2D eigenvalue weighted by atomic mass is 32.2. The number of fused-ring (bicyclic) bond motifs is 1. The van der Waals surface area contributed by atoms with E-state index in [1.807, 2.05) is 32.0 Å². The number of methoxy groups -OCH3 is 1. The van der Waals surface area contributed by atoms with E-state index in [0.717, 1.165) is 16.8 Å². The fraction of sp³-hybridized carbons (Fsp3) is 0.167. The van der Waals surface area contributed by atoms with Gasteiger partial charge in [0, 0.05) is 17.6 Å². The van der Waals surface area contributed by atoms with Crippen LogP contribution in [0.25, 0.3) is 5.65 Å². The van der Waals surface area contributed by atoms with Gasteiger partial charge in [0.05, 0.1) is 18.4 Å². The van der Waals surface area contributed by atoms with E-state index in [1.165, 1.54) is 11.8 Å². The van der Waals surface area contributed by atoms with Crippen molar-refractivity contribution in [1.82, 2.24) is 14.6 Å². The Bertz CT molecular complexity index is 1320. The van der Waals surface area contributed by atoms with Crippen LogP contribution in [-0.4, -0.2) is 39.3 Å². The molecule has 0 spiro atoms. The van der Waals surface area contributed by atoms with Crippen LogP contribution in [0.2, 0.25) is 0 Å². The van der Waals surface area contributed by atoms with Crippen LogP contribution in [0.1, 0.15) is 21.5 Å². The van der Waals surface area contributed by atoms with Crippen LogP contribution in [0.3, 0.4) is 0 Å². The summed E-state index contributed by atoms with van der Waals surface area (Å²) in [6, 6.07) is 16.3. The van der Waals surface area contributed by atoms with Crippen molar-refractivity contribution < 1.29 is 14.3 Å². The van der Waals surface area contributed by atoms with Gasteiger partial charge in [-0.15, -0.1) is 10.2 Å². The predicted octanol–water partition coefficient (Wildman–Crippen LogP) is 4.34. The first-order valence-corrected chi connectivity index (χ1v) is 11.2. The smallest absolute Gasteiger partial charge is 0.257 e. The molecule has 0 aliphatic heterocycles. The summed E-state index contributed by atoms with van der Waals surface area (Å²) in [5.74, 6) is 0.469. The first-order chi connectivity index (χ1) is 15.9. The van der Waals surface area contributed by atoms with Crippen LogP contribution in [0.4, 0.5) is 11.4 Å². The Kier molecular flexibility index (Phi) is 6.60. The van der Waals surface area contributed by atoms with Gasteiger partial charge in [-0.1, -0.05) is 23.9 Å². The molecule has 9 heteroatoms. The number of hydrogen-bond donors (Lipinski definition) is 2. The largest absolute Gasteiger partial charge is 0.497 e. The second-order valence-corrected chi connectivity index (χ2v) is 8.34. The number of rotatable bonds is 7. The second-order valence-electron chi connectivity index (χ2n) is 7.40. The summed E-state index contributed by atoms with van der Waals surface area (Å²) >= 11 is 1.25. The highest BCUT2D eigenvalue weighted by molar-refractivity contribution is 7.99. The first kappa shape index (κ1) is 22.3. The topological polar surface area (TPSA) is 97.6 Å². The minimum Gasteiger partial charge on any atom is -0.497 e. The number of nitrogens with one attached hydrogen (secondary N) is 2. The summed E-state index contributed by atoms with van der Waals surface area (Å²) in [5.41, 5.74) is 4.64. The van der Waals surface area contributed by atoms with Gasteiger partial charge in [0.1, 0.15) is 5.75 Å². The quantitative estimate of drug-likeness (QED) is 0.398. The van der Waals surface area contributed by atoms with Gasteiger partial charge in [-0.05, 0) is 67.4 Å². The maximum Gasteiger partial charge on any atom is 0.257 e. The third kappa shape index (κ3) is 5.15. The maximum atomic E-state index is 12.7. The number of nitrogens with zero attached hydrogens (tertiary/aromatic N) is 3. The Hall–Kier alpha value is -3.85. The molecule has 2 N–H and O–H groups in total. The molecule has 2 aromatic heterocycles. The Morgan fingerprint density at radius 1 is 1.00 bits per heavy atom. The molecule has 0 aliphatic rings. The lowest BCUT2D eigenvalue weighted by Gasteiger charge is -2.10. The number of aromatic nitrogens is 3. The molecule has 0 saturated carbocycles. The molecule has 4 rings (SSSR count). The zero-order chi connectivity index (χ0) is 23.4. The number of amides is 2. The molecule has 2 heterocycles. The van der Waals surface area contributed by atoms with Crippen LogP contribution in [-0.2, 0) is 4.79 Å². The fourth-order valence-corrected chi connectivity index (χ4v) is 3.90. The molecule has 2 aromatic carbocycles. The average molecular weight is 462 g/mol. The van der Waals surface area contributed by atoms with Crippen LogP contribution in [0.15, 0.2) is 66.0 Å². The van der Waals surface area contributed by atoms with Gasteiger partial charge in [0.2, 0.25) is 5.91 Å². The third-order valence-electron chi connectivity index (χ3n) is 5.19. The van der Waals surface area contributed by atoms with E-state index < -0.39 is 0 Å². The molecule has 4 aromatic rings. The highest BCUT2D eigenvalue weighted by Gasteiger charge is 2.13. The van der Waals surface area contributed by atoms with E-state index in [0.29, 0.717) is 27.8 Å². The van der Waals surface area contributed by atoms with E-state index in [4.69, 9.17) is 4.74 Å². The molecule has 0 radical (unpaired) electrons. The average Bonchev–Trinajstić information content (AvgIpc) is 3.23. The van der Waals surface area contributed by atoms with Crippen LogP contribution < -0.4 is 15.4 Å². The second kappa shape index (κ2) is 9.74. The van der Waals surface area contributed by atoms with Crippen molar-refractivity contribution in [2.75, 3.05) is 23.5 Å². The first-order valence-electron chi connectivity index (χ1n) is 10.2. The Morgan fingerprint density at radius 2 is 1.79 bits per heavy atom. The van der Waals surface area contributed by atoms with Crippen molar-refractivity contribution in [3.8, 4) is 5.75 Å². The molecule has 0 fully saturated rings. The van der Waals surface area contributed by atoms with Gasteiger partial charge in [-0.2, -0.15) is 0 Å². The summed E-state index contributed by atoms with van der Waals surface area (Å²) in [4.78, 5) is 25.2. The number of thioether (sulfide) groups is 1. The number of benzene rings is 2. The lowest BCUT2D eigenvalue weighted by molar-refractivity contribution is -0.113. The molecular formula is C24H23N5O3S. The van der Waals surface area contributed by atoms with Crippen LogP contribution in [0, 0.1) is 13.8 Å². The SMILES string of the molecule is COc1ccc(NC(=O)c2ccc3nnc(SCC(=O)Nc4cccc(C)c4C)n3c2)cc1. The zero-order valence-electron chi connectivity index (χ0n) is 18.5. The summed E-state index contributed by atoms with van der Waals surface area (Å²) in [7, 11) is 1.59. The Balaban J connectivity index is 1.44. The van der Waals surface area contributed by atoms with Crippen molar-refractivity contribution in [3.05, 3.63) is 77.5 Å².